The largest absolute Gasteiger partial charge is 0.392 e. The molecule has 0 saturated heterocycles. The molecule has 2 N–H and O–H groups in total. The molecule has 3 aromatic carbocycles. The van der Waals surface area contributed by atoms with Gasteiger partial charge >= 0.3 is 0 Å². The fourth-order valence-electron chi connectivity index (χ4n) is 4.59. The van der Waals surface area contributed by atoms with Gasteiger partial charge < -0.3 is 20.1 Å². The van der Waals surface area contributed by atoms with Crippen LogP contribution in [0.3, 0.4) is 0 Å². The van der Waals surface area contributed by atoms with Gasteiger partial charge in [0.2, 0.25) is 5.91 Å². The maximum atomic E-state index is 13.8. The van der Waals surface area contributed by atoms with Gasteiger partial charge in [0.15, 0.2) is 0 Å². The first-order valence-electron chi connectivity index (χ1n) is 11.6. The van der Waals surface area contributed by atoms with Crippen molar-refractivity contribution in [2.75, 3.05) is 20.3 Å². The van der Waals surface area contributed by atoms with Crippen molar-refractivity contribution in [1.29, 1.82) is 0 Å². The first-order valence-corrected chi connectivity index (χ1v) is 12.0. The summed E-state index contributed by atoms with van der Waals surface area (Å²) in [5.41, 5.74) is 3.59. The van der Waals surface area contributed by atoms with Gasteiger partial charge in [0.1, 0.15) is 0 Å². The van der Waals surface area contributed by atoms with Crippen LogP contribution in [0.25, 0.3) is 0 Å². The van der Waals surface area contributed by atoms with E-state index in [-0.39, 0.29) is 25.0 Å². The Morgan fingerprint density at radius 1 is 1.06 bits per heavy atom. The number of rotatable bonds is 9. The highest BCUT2D eigenvalue weighted by atomic mass is 35.5. The van der Waals surface area contributed by atoms with E-state index >= 15 is 0 Å². The SMILES string of the molecule is COCCCNC(=O)[C@@H]1c2ccccc2C(=O)N(Cc2ccccc2Cl)[C@H]1c1ccc(CO)cc1. The van der Waals surface area contributed by atoms with E-state index in [0.29, 0.717) is 35.7 Å². The number of hydrogen-bond donors (Lipinski definition) is 2. The minimum absolute atomic E-state index is 0.0839. The lowest BCUT2D eigenvalue weighted by atomic mass is 9.78. The normalized spacial score (nSPS) is 17.2. The molecule has 1 aliphatic heterocycles. The lowest BCUT2D eigenvalue weighted by molar-refractivity contribution is -0.124. The Morgan fingerprint density at radius 3 is 2.49 bits per heavy atom. The molecule has 3 aromatic rings. The molecular formula is C28H29ClN2O4. The number of halogens is 1. The van der Waals surface area contributed by atoms with Crippen LogP contribution in [-0.2, 0) is 22.7 Å². The van der Waals surface area contributed by atoms with Gasteiger partial charge in [-0.25, -0.2) is 0 Å². The molecular weight excluding hydrogens is 464 g/mol. The number of amides is 2. The topological polar surface area (TPSA) is 78.9 Å². The van der Waals surface area contributed by atoms with Crippen molar-refractivity contribution >= 4 is 23.4 Å². The number of nitrogens with one attached hydrogen (secondary N) is 1. The van der Waals surface area contributed by atoms with E-state index in [1.54, 1.807) is 24.1 Å². The average molecular weight is 493 g/mol. The second-order valence-corrected chi connectivity index (χ2v) is 8.98. The van der Waals surface area contributed by atoms with Gasteiger partial charge in [-0.1, -0.05) is 72.3 Å². The van der Waals surface area contributed by atoms with Crippen LogP contribution in [0.2, 0.25) is 5.02 Å². The third-order valence-corrected chi connectivity index (χ3v) is 6.72. The molecule has 4 rings (SSSR count). The van der Waals surface area contributed by atoms with Gasteiger partial charge in [0.25, 0.3) is 5.91 Å². The number of aliphatic hydroxyl groups is 1. The van der Waals surface area contributed by atoms with Gasteiger partial charge in [-0.15, -0.1) is 0 Å². The maximum Gasteiger partial charge on any atom is 0.255 e. The third kappa shape index (κ3) is 5.40. The zero-order valence-electron chi connectivity index (χ0n) is 19.6. The number of nitrogens with zero attached hydrogens (tertiary/aromatic N) is 1. The van der Waals surface area contributed by atoms with E-state index < -0.39 is 12.0 Å². The molecule has 7 heteroatoms. The first-order chi connectivity index (χ1) is 17.0. The van der Waals surface area contributed by atoms with E-state index in [1.807, 2.05) is 60.7 Å². The minimum Gasteiger partial charge on any atom is -0.392 e. The monoisotopic (exact) mass is 492 g/mol. The number of carbonyl (C=O) groups is 2. The van der Waals surface area contributed by atoms with Gasteiger partial charge in [0, 0.05) is 37.4 Å². The summed E-state index contributed by atoms with van der Waals surface area (Å²) in [6.07, 6.45) is 0.689. The molecule has 2 amide bonds. The van der Waals surface area contributed by atoms with Gasteiger partial charge in [0.05, 0.1) is 18.6 Å². The maximum absolute atomic E-state index is 13.8. The highest BCUT2D eigenvalue weighted by Crippen LogP contribution is 2.44. The number of fused-ring (bicyclic) bond motifs is 1. The van der Waals surface area contributed by atoms with Crippen molar-refractivity contribution in [3.05, 3.63) is 106 Å². The van der Waals surface area contributed by atoms with Crippen LogP contribution in [0, 0.1) is 0 Å². The smallest absolute Gasteiger partial charge is 0.255 e. The molecule has 0 fully saturated rings. The van der Waals surface area contributed by atoms with Crippen LogP contribution in [0.15, 0.2) is 72.8 Å². The van der Waals surface area contributed by atoms with Crippen molar-refractivity contribution in [2.24, 2.45) is 0 Å². The standard InChI is InChI=1S/C28H29ClN2O4/c1-35-16-6-15-30-27(33)25-22-8-3-4-9-23(22)28(34)31(17-21-7-2-5-10-24(21)29)26(25)20-13-11-19(18-32)12-14-20/h2-5,7-14,25-26,32H,6,15-18H2,1H3,(H,30,33)/t25-,26+/m1/s1. The molecule has 6 nitrogen and oxygen atoms in total. The predicted molar refractivity (Wildman–Crippen MR) is 135 cm³/mol. The summed E-state index contributed by atoms with van der Waals surface area (Å²) in [6.45, 7) is 1.19. The Morgan fingerprint density at radius 2 is 1.77 bits per heavy atom. The second-order valence-electron chi connectivity index (χ2n) is 8.57. The van der Waals surface area contributed by atoms with Crippen molar-refractivity contribution in [2.45, 2.75) is 31.5 Å². The highest BCUT2D eigenvalue weighted by molar-refractivity contribution is 6.31. The molecule has 182 valence electrons. The van der Waals surface area contributed by atoms with Crippen LogP contribution >= 0.6 is 11.6 Å². The summed E-state index contributed by atoms with van der Waals surface area (Å²) in [7, 11) is 1.63. The van der Waals surface area contributed by atoms with Crippen molar-refractivity contribution in [3.8, 4) is 0 Å². The highest BCUT2D eigenvalue weighted by Gasteiger charge is 2.44. The number of benzene rings is 3. The van der Waals surface area contributed by atoms with Crippen LogP contribution in [0.5, 0.6) is 0 Å². The fourth-order valence-corrected chi connectivity index (χ4v) is 4.79. The number of ether oxygens (including phenoxy) is 1. The van der Waals surface area contributed by atoms with E-state index in [2.05, 4.69) is 5.32 Å². The Kier molecular flexibility index (Phi) is 8.18. The first kappa shape index (κ1) is 24.9. The van der Waals surface area contributed by atoms with E-state index in [0.717, 1.165) is 16.7 Å². The Labute approximate surface area is 210 Å². The molecule has 0 aromatic heterocycles. The zero-order valence-corrected chi connectivity index (χ0v) is 20.4. The molecule has 35 heavy (non-hydrogen) atoms. The average Bonchev–Trinajstić information content (AvgIpc) is 2.89. The molecule has 0 aliphatic carbocycles. The van der Waals surface area contributed by atoms with E-state index in [4.69, 9.17) is 16.3 Å². The van der Waals surface area contributed by atoms with Gasteiger partial charge in [-0.3, -0.25) is 9.59 Å². The van der Waals surface area contributed by atoms with Crippen LogP contribution in [-0.4, -0.2) is 42.1 Å². The number of carbonyl (C=O) groups excluding carboxylic acids is 2. The third-order valence-electron chi connectivity index (χ3n) is 6.35. The molecule has 2 atom stereocenters. The molecule has 1 aliphatic rings. The summed E-state index contributed by atoms with van der Waals surface area (Å²) >= 11 is 6.46. The number of hydrogen-bond acceptors (Lipinski definition) is 4. The molecule has 0 bridgehead atoms. The lowest BCUT2D eigenvalue weighted by Crippen LogP contribution is -2.47. The van der Waals surface area contributed by atoms with Crippen LogP contribution in [0.4, 0.5) is 0 Å². The van der Waals surface area contributed by atoms with Crippen LogP contribution in [0.1, 0.15) is 51.0 Å². The van der Waals surface area contributed by atoms with Gasteiger partial charge in [-0.2, -0.15) is 0 Å². The summed E-state index contributed by atoms with van der Waals surface area (Å²) < 4.78 is 5.11. The van der Waals surface area contributed by atoms with E-state index in [9.17, 15) is 14.7 Å². The lowest BCUT2D eigenvalue weighted by Gasteiger charge is -2.42. The molecule has 0 saturated carbocycles. The Bertz CT molecular complexity index is 1180. The Hall–Kier alpha value is -3.19. The number of methoxy groups -OCH3 is 1. The molecule has 0 spiro atoms. The van der Waals surface area contributed by atoms with Crippen LogP contribution < -0.4 is 5.32 Å². The van der Waals surface area contributed by atoms with Crippen molar-refractivity contribution < 1.29 is 19.4 Å². The predicted octanol–water partition coefficient (Wildman–Crippen LogP) is 4.47. The Balaban J connectivity index is 1.81. The molecule has 0 unspecified atom stereocenters. The summed E-state index contributed by atoms with van der Waals surface area (Å²) in [5.74, 6) is -0.921. The molecule has 1 heterocycles. The summed E-state index contributed by atoms with van der Waals surface area (Å²) in [4.78, 5) is 29.2. The van der Waals surface area contributed by atoms with Crippen molar-refractivity contribution in [3.63, 3.8) is 0 Å². The zero-order chi connectivity index (χ0) is 24.8. The minimum atomic E-state index is -0.617. The number of aliphatic hydroxyl groups excluding tert-OH is 1. The molecule has 0 radical (unpaired) electrons. The van der Waals surface area contributed by atoms with Gasteiger partial charge in [-0.05, 0) is 40.8 Å². The fraction of sp³-hybridized carbons (Fsp3) is 0.286. The summed E-state index contributed by atoms with van der Waals surface area (Å²) in [6, 6.07) is 21.6. The van der Waals surface area contributed by atoms with E-state index in [1.165, 1.54) is 0 Å². The summed E-state index contributed by atoms with van der Waals surface area (Å²) in [5, 5.41) is 13.1. The second kappa shape index (κ2) is 11.5. The van der Waals surface area contributed by atoms with Crippen molar-refractivity contribution in [1.82, 2.24) is 10.2 Å². The quantitative estimate of drug-likeness (QED) is 0.432.